The molecule has 0 spiro atoms. The van der Waals surface area contributed by atoms with Crippen LogP contribution < -0.4 is 0 Å². The van der Waals surface area contributed by atoms with Crippen molar-refractivity contribution in [2.24, 2.45) is 5.92 Å². The van der Waals surface area contributed by atoms with E-state index in [-0.39, 0.29) is 5.92 Å². The number of carboxylic acids is 1. The largest absolute Gasteiger partial charge is 0.479 e. The molecule has 1 rings (SSSR count). The van der Waals surface area contributed by atoms with E-state index >= 15 is 0 Å². The van der Waals surface area contributed by atoms with Crippen LogP contribution in [0.15, 0.2) is 0 Å². The van der Waals surface area contributed by atoms with Crippen molar-refractivity contribution in [3.05, 3.63) is 0 Å². The predicted molar refractivity (Wildman–Crippen MR) is 51.0 cm³/mol. The molecule has 4 heteroatoms. The highest BCUT2D eigenvalue weighted by Gasteiger charge is 2.33. The zero-order valence-corrected chi connectivity index (χ0v) is 8.48. The first-order valence-corrected chi connectivity index (χ1v) is 5.10. The van der Waals surface area contributed by atoms with Crippen LogP contribution in [0.3, 0.4) is 0 Å². The minimum absolute atomic E-state index is 0.0878. The highest BCUT2D eigenvalue weighted by Crippen LogP contribution is 2.28. The Kier molecular flexibility index (Phi) is 4.35. The molecule has 0 aromatic heterocycles. The Bertz CT molecular complexity index is 187. The van der Waals surface area contributed by atoms with Crippen molar-refractivity contribution >= 4 is 5.97 Å². The number of ether oxygens (including phenoxy) is 1. The summed E-state index contributed by atoms with van der Waals surface area (Å²) in [5, 5.41) is 18.6. The second kappa shape index (κ2) is 5.32. The van der Waals surface area contributed by atoms with Crippen molar-refractivity contribution in [3.63, 3.8) is 0 Å². The molecule has 2 unspecified atom stereocenters. The zero-order chi connectivity index (χ0) is 10.6. The van der Waals surface area contributed by atoms with Gasteiger partial charge in [-0.15, -0.1) is 0 Å². The van der Waals surface area contributed by atoms with Crippen LogP contribution in [0.4, 0.5) is 0 Å². The van der Waals surface area contributed by atoms with Crippen molar-refractivity contribution in [3.8, 4) is 0 Å². The van der Waals surface area contributed by atoms with Crippen LogP contribution in [-0.2, 0) is 9.53 Å². The van der Waals surface area contributed by atoms with Gasteiger partial charge in [0, 0.05) is 7.11 Å². The van der Waals surface area contributed by atoms with E-state index in [1.807, 2.05) is 0 Å². The van der Waals surface area contributed by atoms with Crippen LogP contribution in [0.25, 0.3) is 0 Å². The third-order valence-corrected chi connectivity index (χ3v) is 2.94. The molecule has 1 aliphatic rings. The SMILES string of the molecule is COC(C(=O)O)C(O)C1CCCCC1. The van der Waals surface area contributed by atoms with E-state index in [1.165, 1.54) is 13.5 Å². The monoisotopic (exact) mass is 202 g/mol. The van der Waals surface area contributed by atoms with Gasteiger partial charge < -0.3 is 14.9 Å². The number of hydrogen-bond acceptors (Lipinski definition) is 3. The molecule has 2 atom stereocenters. The van der Waals surface area contributed by atoms with Gasteiger partial charge in [-0.3, -0.25) is 0 Å². The maximum absolute atomic E-state index is 10.7. The molecule has 14 heavy (non-hydrogen) atoms. The van der Waals surface area contributed by atoms with Crippen molar-refractivity contribution in [2.75, 3.05) is 7.11 Å². The van der Waals surface area contributed by atoms with Gasteiger partial charge in [0.1, 0.15) is 0 Å². The van der Waals surface area contributed by atoms with Gasteiger partial charge in [0.05, 0.1) is 6.10 Å². The summed E-state index contributed by atoms with van der Waals surface area (Å²) in [6.07, 6.45) is 3.24. The van der Waals surface area contributed by atoms with Crippen LogP contribution in [0, 0.1) is 5.92 Å². The Morgan fingerprint density at radius 1 is 1.36 bits per heavy atom. The molecule has 0 saturated heterocycles. The van der Waals surface area contributed by atoms with Gasteiger partial charge >= 0.3 is 5.97 Å². The predicted octanol–water partition coefficient (Wildman–Crippen LogP) is 1.03. The number of aliphatic carboxylic acids is 1. The van der Waals surface area contributed by atoms with Gasteiger partial charge in [0.2, 0.25) is 0 Å². The quantitative estimate of drug-likeness (QED) is 0.714. The third-order valence-electron chi connectivity index (χ3n) is 2.94. The van der Waals surface area contributed by atoms with E-state index in [0.717, 1.165) is 25.7 Å². The molecule has 0 bridgehead atoms. The standard InChI is InChI=1S/C10H18O4/c1-14-9(10(12)13)8(11)7-5-3-2-4-6-7/h7-9,11H,2-6H2,1H3,(H,12,13). The minimum atomic E-state index is -1.08. The van der Waals surface area contributed by atoms with Gasteiger partial charge in [0.15, 0.2) is 6.10 Å². The number of methoxy groups -OCH3 is 1. The van der Waals surface area contributed by atoms with E-state index in [9.17, 15) is 9.90 Å². The van der Waals surface area contributed by atoms with Crippen LogP contribution in [0.5, 0.6) is 0 Å². The summed E-state index contributed by atoms with van der Waals surface area (Å²) in [4.78, 5) is 10.7. The smallest absolute Gasteiger partial charge is 0.335 e. The Hall–Kier alpha value is -0.610. The average Bonchev–Trinajstić information content (AvgIpc) is 2.19. The highest BCUT2D eigenvalue weighted by molar-refractivity contribution is 5.73. The average molecular weight is 202 g/mol. The molecular weight excluding hydrogens is 184 g/mol. The molecule has 0 amide bonds. The fourth-order valence-corrected chi connectivity index (χ4v) is 2.11. The summed E-state index contributed by atoms with van der Waals surface area (Å²) in [5.41, 5.74) is 0. The maximum Gasteiger partial charge on any atom is 0.335 e. The van der Waals surface area contributed by atoms with Gasteiger partial charge in [-0.2, -0.15) is 0 Å². The topological polar surface area (TPSA) is 66.8 Å². The van der Waals surface area contributed by atoms with Crippen LogP contribution in [-0.4, -0.2) is 35.5 Å². The summed E-state index contributed by atoms with van der Waals surface area (Å²) in [7, 11) is 1.32. The third kappa shape index (κ3) is 2.69. The summed E-state index contributed by atoms with van der Waals surface area (Å²) >= 11 is 0. The van der Waals surface area contributed by atoms with Gasteiger partial charge in [-0.25, -0.2) is 4.79 Å². The summed E-state index contributed by atoms with van der Waals surface area (Å²) in [5.74, 6) is -0.990. The number of hydrogen-bond donors (Lipinski definition) is 2. The molecular formula is C10H18O4. The molecule has 2 N–H and O–H groups in total. The minimum Gasteiger partial charge on any atom is -0.479 e. The van der Waals surface area contributed by atoms with E-state index < -0.39 is 18.2 Å². The van der Waals surface area contributed by atoms with Gasteiger partial charge in [-0.1, -0.05) is 19.3 Å². The van der Waals surface area contributed by atoms with Gasteiger partial charge in [-0.05, 0) is 18.8 Å². The lowest BCUT2D eigenvalue weighted by atomic mass is 9.83. The molecule has 82 valence electrons. The van der Waals surface area contributed by atoms with E-state index in [4.69, 9.17) is 9.84 Å². The normalized spacial score (nSPS) is 23.0. The highest BCUT2D eigenvalue weighted by atomic mass is 16.5. The first kappa shape index (κ1) is 11.5. The van der Waals surface area contributed by atoms with Crippen molar-refractivity contribution in [1.29, 1.82) is 0 Å². The Morgan fingerprint density at radius 2 is 1.93 bits per heavy atom. The number of carbonyl (C=O) groups is 1. The fraction of sp³-hybridized carbons (Fsp3) is 0.900. The Labute approximate surface area is 83.9 Å². The van der Waals surface area contributed by atoms with Crippen LogP contribution in [0.1, 0.15) is 32.1 Å². The summed E-state index contributed by atoms with van der Waals surface area (Å²) in [6, 6.07) is 0. The molecule has 1 aliphatic carbocycles. The zero-order valence-electron chi connectivity index (χ0n) is 8.48. The molecule has 0 heterocycles. The maximum atomic E-state index is 10.7. The first-order valence-electron chi connectivity index (χ1n) is 5.10. The van der Waals surface area contributed by atoms with Crippen LogP contribution >= 0.6 is 0 Å². The van der Waals surface area contributed by atoms with Crippen LogP contribution in [0.2, 0.25) is 0 Å². The number of rotatable bonds is 4. The van der Waals surface area contributed by atoms with Gasteiger partial charge in [0.25, 0.3) is 0 Å². The van der Waals surface area contributed by atoms with Crippen molar-refractivity contribution < 1.29 is 19.7 Å². The fourth-order valence-electron chi connectivity index (χ4n) is 2.11. The number of aliphatic hydroxyl groups is 1. The molecule has 0 radical (unpaired) electrons. The molecule has 0 aromatic rings. The number of carboxylic acid groups (broad SMARTS) is 1. The second-order valence-electron chi connectivity index (χ2n) is 3.88. The lowest BCUT2D eigenvalue weighted by Gasteiger charge is -2.29. The molecule has 4 nitrogen and oxygen atoms in total. The van der Waals surface area contributed by atoms with Crippen molar-refractivity contribution in [2.45, 2.75) is 44.3 Å². The lowest BCUT2D eigenvalue weighted by molar-refractivity contribution is -0.158. The summed E-state index contributed by atoms with van der Waals surface area (Å²) in [6.45, 7) is 0. The molecule has 0 aromatic carbocycles. The Morgan fingerprint density at radius 3 is 2.36 bits per heavy atom. The van der Waals surface area contributed by atoms with E-state index in [2.05, 4.69) is 0 Å². The molecule has 1 fully saturated rings. The van der Waals surface area contributed by atoms with E-state index in [0.29, 0.717) is 0 Å². The Balaban J connectivity index is 2.51. The molecule has 1 saturated carbocycles. The first-order chi connectivity index (χ1) is 6.66. The molecule has 0 aliphatic heterocycles. The lowest BCUT2D eigenvalue weighted by Crippen LogP contribution is -2.41. The second-order valence-corrected chi connectivity index (χ2v) is 3.88. The van der Waals surface area contributed by atoms with E-state index in [1.54, 1.807) is 0 Å². The van der Waals surface area contributed by atoms with Crippen molar-refractivity contribution in [1.82, 2.24) is 0 Å². The number of aliphatic hydroxyl groups excluding tert-OH is 1. The summed E-state index contributed by atoms with van der Waals surface area (Å²) < 4.78 is 4.78.